The van der Waals surface area contributed by atoms with E-state index in [1.807, 2.05) is 0 Å². The summed E-state index contributed by atoms with van der Waals surface area (Å²) in [5.41, 5.74) is 8.94. The van der Waals surface area contributed by atoms with Crippen LogP contribution in [0.15, 0.2) is 161 Å². The summed E-state index contributed by atoms with van der Waals surface area (Å²) in [7, 11) is 0. The average Bonchev–Trinajstić information content (AvgIpc) is 3.44. The first kappa shape index (κ1) is 32.7. The average molecular weight is 672 g/mol. The van der Waals surface area contributed by atoms with Gasteiger partial charge >= 0.3 is 0 Å². The smallest absolute Gasteiger partial charge is 0.131 e. The molecule has 0 amide bonds. The molecule has 51 heavy (non-hydrogen) atoms. The van der Waals surface area contributed by atoms with Gasteiger partial charge in [-0.2, -0.15) is 0 Å². The zero-order valence-electron chi connectivity index (χ0n) is 30.3. The van der Waals surface area contributed by atoms with E-state index in [2.05, 4.69) is 158 Å². The van der Waals surface area contributed by atoms with Crippen LogP contribution in [0.2, 0.25) is 0 Å². The molecule has 2 N–H and O–H groups in total. The Hall–Kier alpha value is -4.21. The van der Waals surface area contributed by atoms with Gasteiger partial charge in [0.2, 0.25) is 0 Å². The third-order valence-electron chi connectivity index (χ3n) is 13.4. The Morgan fingerprint density at radius 1 is 0.765 bits per heavy atom. The number of amidine groups is 1. The largest absolute Gasteiger partial charge is 0.350 e. The van der Waals surface area contributed by atoms with E-state index in [0.29, 0.717) is 41.4 Å². The lowest BCUT2D eigenvalue weighted by molar-refractivity contribution is 0.248. The highest BCUT2D eigenvalue weighted by atomic mass is 15.3. The van der Waals surface area contributed by atoms with Crippen molar-refractivity contribution >= 4 is 5.84 Å². The first-order chi connectivity index (χ1) is 25.0. The van der Waals surface area contributed by atoms with Gasteiger partial charge in [-0.05, 0) is 108 Å². The van der Waals surface area contributed by atoms with E-state index in [1.54, 1.807) is 16.7 Å². The fourth-order valence-corrected chi connectivity index (χ4v) is 10.7. The SMILES string of the molecule is CC1(C)C2=CC(C3CC(C4N=C(c5ccccc5)NC(c5ccccc5)N4)=CC=C3C3CCC=CC3C3C=CC=CC3)CC=C2C2C=CCCC21. The van der Waals surface area contributed by atoms with Gasteiger partial charge in [-0.15, -0.1) is 0 Å². The van der Waals surface area contributed by atoms with E-state index >= 15 is 0 Å². The third kappa shape index (κ3) is 6.12. The first-order valence-electron chi connectivity index (χ1n) is 19.8. The van der Waals surface area contributed by atoms with Crippen molar-refractivity contribution in [1.82, 2.24) is 10.6 Å². The molecule has 1 fully saturated rings. The van der Waals surface area contributed by atoms with E-state index in [4.69, 9.17) is 4.99 Å². The topological polar surface area (TPSA) is 36.4 Å². The summed E-state index contributed by atoms with van der Waals surface area (Å²) in [6.45, 7) is 5.07. The van der Waals surface area contributed by atoms with Crippen LogP contribution < -0.4 is 10.6 Å². The molecule has 2 aromatic rings. The molecule has 7 aliphatic rings. The van der Waals surface area contributed by atoms with Crippen molar-refractivity contribution < 1.29 is 0 Å². The van der Waals surface area contributed by atoms with Crippen molar-refractivity contribution in [2.75, 3.05) is 0 Å². The lowest BCUT2D eigenvalue weighted by Gasteiger charge is -2.43. The highest BCUT2D eigenvalue weighted by Gasteiger charge is 2.50. The molecule has 0 aromatic heterocycles. The summed E-state index contributed by atoms with van der Waals surface area (Å²) in [6.07, 6.45) is 38.0. The van der Waals surface area contributed by atoms with Crippen molar-refractivity contribution in [3.05, 3.63) is 167 Å². The van der Waals surface area contributed by atoms with Crippen LogP contribution in [-0.2, 0) is 0 Å². The predicted octanol–water partition coefficient (Wildman–Crippen LogP) is 10.7. The molecule has 260 valence electrons. The Labute approximate surface area is 305 Å². The van der Waals surface area contributed by atoms with Crippen molar-refractivity contribution in [2.45, 2.75) is 71.1 Å². The van der Waals surface area contributed by atoms with Crippen LogP contribution in [-0.4, -0.2) is 12.0 Å². The summed E-state index contributed by atoms with van der Waals surface area (Å²) in [5, 5.41) is 7.69. The predicted molar refractivity (Wildman–Crippen MR) is 212 cm³/mol. The second kappa shape index (κ2) is 13.7. The molecule has 1 heterocycles. The summed E-state index contributed by atoms with van der Waals surface area (Å²) in [4.78, 5) is 5.42. The Kier molecular flexibility index (Phi) is 8.80. The number of nitrogens with one attached hydrogen (secondary N) is 2. The second-order valence-corrected chi connectivity index (χ2v) is 16.5. The number of hydrogen-bond donors (Lipinski definition) is 2. The van der Waals surface area contributed by atoms with Crippen LogP contribution >= 0.6 is 0 Å². The highest BCUT2D eigenvalue weighted by molar-refractivity contribution is 5.99. The third-order valence-corrected chi connectivity index (χ3v) is 13.4. The van der Waals surface area contributed by atoms with Crippen LogP contribution in [0, 0.1) is 46.8 Å². The maximum absolute atomic E-state index is 5.42. The van der Waals surface area contributed by atoms with Crippen LogP contribution in [0.5, 0.6) is 0 Å². The molecule has 3 nitrogen and oxygen atoms in total. The zero-order valence-corrected chi connectivity index (χ0v) is 30.3. The van der Waals surface area contributed by atoms with Gasteiger partial charge in [-0.3, -0.25) is 5.32 Å². The molecule has 0 saturated heterocycles. The van der Waals surface area contributed by atoms with Crippen molar-refractivity contribution in [1.29, 1.82) is 0 Å². The number of hydrogen-bond acceptors (Lipinski definition) is 3. The molecule has 9 rings (SSSR count). The van der Waals surface area contributed by atoms with Crippen LogP contribution in [0.4, 0.5) is 0 Å². The van der Waals surface area contributed by atoms with Crippen molar-refractivity contribution in [2.24, 2.45) is 51.8 Å². The monoisotopic (exact) mass is 671 g/mol. The number of allylic oxidation sites excluding steroid dienone is 15. The lowest BCUT2D eigenvalue weighted by atomic mass is 9.63. The Bertz CT molecular complexity index is 1900. The fraction of sp³-hybridized carbons (Fsp3) is 0.396. The summed E-state index contributed by atoms with van der Waals surface area (Å²) >= 11 is 0. The molecular weight excluding hydrogens is 619 g/mol. The molecule has 1 saturated carbocycles. The zero-order chi connectivity index (χ0) is 34.4. The summed E-state index contributed by atoms with van der Waals surface area (Å²) in [6, 6.07) is 21.4. The van der Waals surface area contributed by atoms with Crippen LogP contribution in [0.25, 0.3) is 0 Å². The van der Waals surface area contributed by atoms with Gasteiger partial charge in [-0.25, -0.2) is 4.99 Å². The lowest BCUT2D eigenvalue weighted by Crippen LogP contribution is -2.49. The minimum atomic E-state index is -0.0984. The molecule has 3 heteroatoms. The van der Waals surface area contributed by atoms with E-state index < -0.39 is 0 Å². The van der Waals surface area contributed by atoms with Crippen molar-refractivity contribution in [3.63, 3.8) is 0 Å². The number of nitrogens with zero attached hydrogens (tertiary/aromatic N) is 1. The molecule has 9 unspecified atom stereocenters. The second-order valence-electron chi connectivity index (χ2n) is 16.5. The van der Waals surface area contributed by atoms with Gasteiger partial charge in [-0.1, -0.05) is 153 Å². The van der Waals surface area contributed by atoms with Crippen molar-refractivity contribution in [3.8, 4) is 0 Å². The Balaban J connectivity index is 1.10. The molecular formula is C48H53N3. The number of benzene rings is 2. The molecule has 6 aliphatic carbocycles. The Morgan fingerprint density at radius 3 is 2.39 bits per heavy atom. The maximum atomic E-state index is 5.42. The standard InChI is InChI=1S/C48H53N3/c1-48(2)43-25-15-14-24-40(43)41-29-26-35(31-44(41)48)42-30-36(27-28-39(42)38-23-13-12-22-37(38)32-16-6-3-7-17-32)47-50-45(33-18-8-4-9-19-33)49-46(51-47)34-20-10-5-11-21-34/h3-12,14,16,18-22,24,27-29,31-32,35,37-38,40,42-43,45,47,50H,13,15,17,23,25-26,30H2,1-2H3,(H,49,51). The Morgan fingerprint density at radius 2 is 1.57 bits per heavy atom. The van der Waals surface area contributed by atoms with Crippen LogP contribution in [0.1, 0.15) is 76.1 Å². The molecule has 9 atom stereocenters. The normalized spacial score (nSPS) is 35.0. The molecule has 0 spiro atoms. The number of aliphatic imine (C=N–C) groups is 1. The minimum absolute atomic E-state index is 0.0226. The van der Waals surface area contributed by atoms with E-state index in [-0.39, 0.29) is 17.7 Å². The molecule has 0 radical (unpaired) electrons. The van der Waals surface area contributed by atoms with Gasteiger partial charge < -0.3 is 5.32 Å². The number of rotatable bonds is 6. The summed E-state index contributed by atoms with van der Waals surface area (Å²) < 4.78 is 0. The van der Waals surface area contributed by atoms with E-state index in [0.717, 1.165) is 30.7 Å². The van der Waals surface area contributed by atoms with Gasteiger partial charge in [0.15, 0.2) is 0 Å². The maximum Gasteiger partial charge on any atom is 0.131 e. The van der Waals surface area contributed by atoms with E-state index in [1.165, 1.54) is 36.8 Å². The van der Waals surface area contributed by atoms with Gasteiger partial charge in [0, 0.05) is 11.5 Å². The summed E-state index contributed by atoms with van der Waals surface area (Å²) in [5.74, 6) is 4.89. The number of fused-ring (bicyclic) bond motifs is 3. The fourth-order valence-electron chi connectivity index (χ4n) is 10.7. The molecule has 1 aliphatic heterocycles. The molecule has 2 aromatic carbocycles. The van der Waals surface area contributed by atoms with Gasteiger partial charge in [0.1, 0.15) is 18.2 Å². The minimum Gasteiger partial charge on any atom is -0.350 e. The quantitative estimate of drug-likeness (QED) is 0.300. The van der Waals surface area contributed by atoms with Gasteiger partial charge in [0.05, 0.1) is 0 Å². The van der Waals surface area contributed by atoms with Gasteiger partial charge in [0.25, 0.3) is 0 Å². The molecule has 0 bridgehead atoms. The highest BCUT2D eigenvalue weighted by Crippen LogP contribution is 2.60. The van der Waals surface area contributed by atoms with E-state index in [9.17, 15) is 0 Å². The first-order valence-corrected chi connectivity index (χ1v) is 19.8. The van der Waals surface area contributed by atoms with Crippen LogP contribution in [0.3, 0.4) is 0 Å².